The average molecular weight is 196 g/mol. The van der Waals surface area contributed by atoms with Gasteiger partial charge in [-0.25, -0.2) is 0 Å². The molecular weight excluding hydrogens is 176 g/mol. The fourth-order valence-electron chi connectivity index (χ4n) is 2.34. The molecule has 0 heterocycles. The number of allylic oxidation sites excluding steroid dienone is 1. The van der Waals surface area contributed by atoms with Crippen LogP contribution in [0.1, 0.15) is 39.0 Å². The summed E-state index contributed by atoms with van der Waals surface area (Å²) in [5, 5.41) is 0. The third-order valence-electron chi connectivity index (χ3n) is 3.02. The quantitative estimate of drug-likeness (QED) is 0.499. The number of carbonyl (C=O) groups excluding carboxylic acids is 1. The van der Waals surface area contributed by atoms with E-state index in [1.54, 1.807) is 0 Å². The lowest BCUT2D eigenvalue weighted by Crippen LogP contribution is -2.14. The molecule has 0 aliphatic heterocycles. The molecule has 1 fully saturated rings. The SMILES string of the molecule is C=CC[C@H]1CCC[C@@H]1CC(=O)OCC. The first-order valence-corrected chi connectivity index (χ1v) is 5.54. The van der Waals surface area contributed by atoms with Gasteiger partial charge in [0.25, 0.3) is 0 Å². The van der Waals surface area contributed by atoms with Crippen molar-refractivity contribution >= 4 is 5.97 Å². The Kier molecular flexibility index (Phi) is 4.71. The van der Waals surface area contributed by atoms with Gasteiger partial charge in [0.15, 0.2) is 0 Å². The number of rotatable bonds is 5. The zero-order valence-corrected chi connectivity index (χ0v) is 9.00. The van der Waals surface area contributed by atoms with E-state index in [0.717, 1.165) is 6.42 Å². The van der Waals surface area contributed by atoms with Gasteiger partial charge in [-0.15, -0.1) is 6.58 Å². The molecule has 0 saturated heterocycles. The van der Waals surface area contributed by atoms with Gasteiger partial charge in [0.05, 0.1) is 6.61 Å². The van der Waals surface area contributed by atoms with Crippen LogP contribution in [0.2, 0.25) is 0 Å². The average Bonchev–Trinajstić information content (AvgIpc) is 2.54. The molecule has 80 valence electrons. The maximum atomic E-state index is 11.3. The molecule has 2 heteroatoms. The summed E-state index contributed by atoms with van der Waals surface area (Å²) in [5.41, 5.74) is 0. The Balaban J connectivity index is 2.34. The zero-order chi connectivity index (χ0) is 10.4. The predicted octanol–water partition coefficient (Wildman–Crippen LogP) is 2.93. The fraction of sp³-hybridized carbons (Fsp3) is 0.750. The molecule has 0 unspecified atom stereocenters. The van der Waals surface area contributed by atoms with Gasteiger partial charge in [0, 0.05) is 6.42 Å². The van der Waals surface area contributed by atoms with Gasteiger partial charge in [-0.1, -0.05) is 12.5 Å². The van der Waals surface area contributed by atoms with Crippen molar-refractivity contribution in [2.75, 3.05) is 6.61 Å². The molecule has 1 aliphatic carbocycles. The minimum Gasteiger partial charge on any atom is -0.466 e. The van der Waals surface area contributed by atoms with Crippen molar-refractivity contribution in [1.29, 1.82) is 0 Å². The number of hydrogen-bond acceptors (Lipinski definition) is 2. The summed E-state index contributed by atoms with van der Waals surface area (Å²) >= 11 is 0. The molecule has 0 bridgehead atoms. The Morgan fingerprint density at radius 1 is 1.50 bits per heavy atom. The second-order valence-corrected chi connectivity index (χ2v) is 3.98. The summed E-state index contributed by atoms with van der Waals surface area (Å²) in [5.74, 6) is 1.16. The number of hydrogen-bond donors (Lipinski definition) is 0. The van der Waals surface area contributed by atoms with Gasteiger partial charge in [-0.3, -0.25) is 4.79 Å². The van der Waals surface area contributed by atoms with Crippen LogP contribution >= 0.6 is 0 Å². The Morgan fingerprint density at radius 3 is 2.86 bits per heavy atom. The molecule has 0 radical (unpaired) electrons. The monoisotopic (exact) mass is 196 g/mol. The Hall–Kier alpha value is -0.790. The van der Waals surface area contributed by atoms with Crippen LogP contribution < -0.4 is 0 Å². The molecule has 1 aliphatic rings. The van der Waals surface area contributed by atoms with E-state index in [1.165, 1.54) is 19.3 Å². The molecule has 14 heavy (non-hydrogen) atoms. The molecular formula is C12H20O2. The van der Waals surface area contributed by atoms with Crippen LogP contribution in [0.15, 0.2) is 12.7 Å². The summed E-state index contributed by atoms with van der Waals surface area (Å²) in [7, 11) is 0. The molecule has 0 aromatic rings. The van der Waals surface area contributed by atoms with Gasteiger partial charge < -0.3 is 4.74 Å². The van der Waals surface area contributed by atoms with Crippen LogP contribution in [0.5, 0.6) is 0 Å². The summed E-state index contributed by atoms with van der Waals surface area (Å²) < 4.78 is 4.97. The minimum absolute atomic E-state index is 0.0338. The first kappa shape index (κ1) is 11.3. The highest BCUT2D eigenvalue weighted by atomic mass is 16.5. The van der Waals surface area contributed by atoms with Crippen molar-refractivity contribution in [3.05, 3.63) is 12.7 Å². The van der Waals surface area contributed by atoms with Gasteiger partial charge >= 0.3 is 5.97 Å². The first-order chi connectivity index (χ1) is 6.77. The van der Waals surface area contributed by atoms with Gasteiger partial charge in [0.2, 0.25) is 0 Å². The van der Waals surface area contributed by atoms with E-state index in [-0.39, 0.29) is 5.97 Å². The summed E-state index contributed by atoms with van der Waals surface area (Å²) in [6.07, 6.45) is 7.29. The maximum absolute atomic E-state index is 11.3. The Morgan fingerprint density at radius 2 is 2.21 bits per heavy atom. The van der Waals surface area contributed by atoms with Crippen molar-refractivity contribution in [2.24, 2.45) is 11.8 Å². The minimum atomic E-state index is -0.0338. The van der Waals surface area contributed by atoms with E-state index in [2.05, 4.69) is 6.58 Å². The van der Waals surface area contributed by atoms with E-state index < -0.39 is 0 Å². The summed E-state index contributed by atoms with van der Waals surface area (Å²) in [6.45, 7) is 6.11. The number of carbonyl (C=O) groups is 1. The molecule has 2 atom stereocenters. The lowest BCUT2D eigenvalue weighted by atomic mass is 9.90. The smallest absolute Gasteiger partial charge is 0.306 e. The highest BCUT2D eigenvalue weighted by Crippen LogP contribution is 2.36. The van der Waals surface area contributed by atoms with E-state index >= 15 is 0 Å². The standard InChI is InChI=1S/C12H20O2/c1-3-6-10-7-5-8-11(10)9-12(13)14-4-2/h3,10-11H,1,4-9H2,2H3/t10-,11+/m0/s1. The van der Waals surface area contributed by atoms with Crippen LogP contribution in [0, 0.1) is 11.8 Å². The van der Waals surface area contributed by atoms with Crippen molar-refractivity contribution < 1.29 is 9.53 Å². The second-order valence-electron chi connectivity index (χ2n) is 3.98. The molecule has 0 spiro atoms. The molecule has 1 saturated carbocycles. The number of esters is 1. The van der Waals surface area contributed by atoms with Crippen LogP contribution in [0.4, 0.5) is 0 Å². The highest BCUT2D eigenvalue weighted by molar-refractivity contribution is 5.69. The molecule has 0 amide bonds. The van der Waals surface area contributed by atoms with Crippen LogP contribution in [0.25, 0.3) is 0 Å². The summed E-state index contributed by atoms with van der Waals surface area (Å²) in [6, 6.07) is 0. The van der Waals surface area contributed by atoms with Crippen LogP contribution in [-0.2, 0) is 9.53 Å². The van der Waals surface area contributed by atoms with Crippen molar-refractivity contribution in [2.45, 2.75) is 39.0 Å². The Labute approximate surface area is 86.3 Å². The largest absolute Gasteiger partial charge is 0.466 e. The Bertz CT molecular complexity index is 198. The lowest BCUT2D eigenvalue weighted by molar-refractivity contribution is -0.144. The molecule has 0 N–H and O–H groups in total. The van der Waals surface area contributed by atoms with Crippen LogP contribution in [0.3, 0.4) is 0 Å². The van der Waals surface area contributed by atoms with Gasteiger partial charge in [0.1, 0.15) is 0 Å². The normalized spacial score (nSPS) is 26.1. The van der Waals surface area contributed by atoms with Crippen molar-refractivity contribution in [3.8, 4) is 0 Å². The van der Waals surface area contributed by atoms with Gasteiger partial charge in [-0.2, -0.15) is 0 Å². The van der Waals surface area contributed by atoms with Crippen molar-refractivity contribution in [1.82, 2.24) is 0 Å². The second kappa shape index (κ2) is 5.84. The fourth-order valence-corrected chi connectivity index (χ4v) is 2.34. The highest BCUT2D eigenvalue weighted by Gasteiger charge is 2.28. The van der Waals surface area contributed by atoms with E-state index in [9.17, 15) is 4.79 Å². The van der Waals surface area contributed by atoms with Crippen LogP contribution in [-0.4, -0.2) is 12.6 Å². The topological polar surface area (TPSA) is 26.3 Å². The zero-order valence-electron chi connectivity index (χ0n) is 9.00. The predicted molar refractivity (Wildman–Crippen MR) is 56.9 cm³/mol. The third-order valence-corrected chi connectivity index (χ3v) is 3.02. The van der Waals surface area contributed by atoms with Crippen molar-refractivity contribution in [3.63, 3.8) is 0 Å². The van der Waals surface area contributed by atoms with Gasteiger partial charge in [-0.05, 0) is 38.0 Å². The third kappa shape index (κ3) is 3.17. The first-order valence-electron chi connectivity index (χ1n) is 5.54. The van der Waals surface area contributed by atoms with E-state index in [0.29, 0.717) is 24.9 Å². The molecule has 0 aromatic carbocycles. The molecule has 1 rings (SSSR count). The summed E-state index contributed by atoms with van der Waals surface area (Å²) in [4.78, 5) is 11.3. The molecule has 0 aromatic heterocycles. The molecule has 2 nitrogen and oxygen atoms in total. The lowest BCUT2D eigenvalue weighted by Gasteiger charge is -2.16. The number of ether oxygens (including phenoxy) is 1. The van der Waals surface area contributed by atoms with E-state index in [1.807, 2.05) is 13.0 Å². The maximum Gasteiger partial charge on any atom is 0.306 e. The van der Waals surface area contributed by atoms with E-state index in [4.69, 9.17) is 4.74 Å².